The maximum absolute atomic E-state index is 12.8. The number of rotatable bonds is 5. The van der Waals surface area contributed by atoms with E-state index in [4.69, 9.17) is 0 Å². The predicted molar refractivity (Wildman–Crippen MR) is 86.4 cm³/mol. The standard InChI is InChI=1S/C15H20FN3O2S/c1-22-11-15(21)19-8-6-18(7-9-19)10-14(20)17-13-4-2-12(16)3-5-13/h2-5H,6-11H2,1H3,(H,17,20). The molecule has 1 aromatic rings. The SMILES string of the molecule is CSCC(=O)N1CCN(CC(=O)Nc2ccc(F)cc2)CC1. The second kappa shape index (κ2) is 8.14. The summed E-state index contributed by atoms with van der Waals surface area (Å²) in [5.74, 6) is 0.202. The van der Waals surface area contributed by atoms with Crippen molar-refractivity contribution in [3.05, 3.63) is 30.1 Å². The van der Waals surface area contributed by atoms with Gasteiger partial charge in [0.1, 0.15) is 5.82 Å². The molecule has 7 heteroatoms. The average molecular weight is 325 g/mol. The highest BCUT2D eigenvalue weighted by atomic mass is 32.2. The number of piperazine rings is 1. The van der Waals surface area contributed by atoms with Gasteiger partial charge < -0.3 is 10.2 Å². The Morgan fingerprint density at radius 2 is 1.82 bits per heavy atom. The van der Waals surface area contributed by atoms with E-state index in [1.165, 1.54) is 36.0 Å². The first-order valence-electron chi connectivity index (χ1n) is 7.13. The molecule has 1 aliphatic heterocycles. The molecule has 0 aliphatic carbocycles. The number of nitrogens with zero attached hydrogens (tertiary/aromatic N) is 2. The van der Waals surface area contributed by atoms with Crippen LogP contribution >= 0.6 is 11.8 Å². The smallest absolute Gasteiger partial charge is 0.238 e. The van der Waals surface area contributed by atoms with E-state index >= 15 is 0 Å². The Labute approximate surface area is 133 Å². The normalized spacial score (nSPS) is 15.6. The molecule has 5 nitrogen and oxygen atoms in total. The molecule has 1 aromatic carbocycles. The third kappa shape index (κ3) is 4.99. The third-order valence-electron chi connectivity index (χ3n) is 3.49. The van der Waals surface area contributed by atoms with Gasteiger partial charge in [0.25, 0.3) is 0 Å². The maximum atomic E-state index is 12.8. The van der Waals surface area contributed by atoms with E-state index in [0.29, 0.717) is 37.6 Å². The van der Waals surface area contributed by atoms with Crippen molar-refractivity contribution >= 4 is 29.3 Å². The van der Waals surface area contributed by atoms with Crippen LogP contribution < -0.4 is 5.32 Å². The van der Waals surface area contributed by atoms with Crippen molar-refractivity contribution in [2.24, 2.45) is 0 Å². The van der Waals surface area contributed by atoms with Crippen molar-refractivity contribution in [3.8, 4) is 0 Å². The van der Waals surface area contributed by atoms with E-state index in [-0.39, 0.29) is 24.2 Å². The lowest BCUT2D eigenvalue weighted by molar-refractivity contribution is -0.130. The van der Waals surface area contributed by atoms with Crippen molar-refractivity contribution in [2.45, 2.75) is 0 Å². The second-order valence-corrected chi connectivity index (χ2v) is 6.01. The molecule has 0 bridgehead atoms. The Morgan fingerprint density at radius 1 is 1.18 bits per heavy atom. The zero-order valence-corrected chi connectivity index (χ0v) is 13.4. The van der Waals surface area contributed by atoms with Crippen LogP contribution in [0.25, 0.3) is 0 Å². The van der Waals surface area contributed by atoms with Crippen molar-refractivity contribution < 1.29 is 14.0 Å². The van der Waals surface area contributed by atoms with Crippen LogP contribution in [0.4, 0.5) is 10.1 Å². The molecule has 22 heavy (non-hydrogen) atoms. The number of amides is 2. The second-order valence-electron chi connectivity index (χ2n) is 5.15. The molecule has 0 atom stereocenters. The number of thioether (sulfide) groups is 1. The highest BCUT2D eigenvalue weighted by Crippen LogP contribution is 2.09. The molecule has 2 amide bonds. The van der Waals surface area contributed by atoms with Crippen molar-refractivity contribution in [1.82, 2.24) is 9.80 Å². The van der Waals surface area contributed by atoms with Gasteiger partial charge >= 0.3 is 0 Å². The molecule has 120 valence electrons. The lowest BCUT2D eigenvalue weighted by atomic mass is 10.3. The summed E-state index contributed by atoms with van der Waals surface area (Å²) in [6.07, 6.45) is 1.91. The molecule has 1 saturated heterocycles. The molecular weight excluding hydrogens is 305 g/mol. The van der Waals surface area contributed by atoms with E-state index in [2.05, 4.69) is 5.32 Å². The number of anilines is 1. The molecule has 0 aromatic heterocycles. The van der Waals surface area contributed by atoms with Crippen LogP contribution in [-0.4, -0.2) is 66.3 Å². The Balaban J connectivity index is 1.74. The van der Waals surface area contributed by atoms with Crippen LogP contribution in [0.2, 0.25) is 0 Å². The number of carbonyl (C=O) groups is 2. The Hall–Kier alpha value is -1.60. The molecular formula is C15H20FN3O2S. The first kappa shape index (κ1) is 16.8. The number of nitrogens with one attached hydrogen (secondary N) is 1. The Kier molecular flexibility index (Phi) is 6.21. The van der Waals surface area contributed by atoms with E-state index in [1.54, 1.807) is 0 Å². The molecule has 0 spiro atoms. The fourth-order valence-corrected chi connectivity index (χ4v) is 2.74. The lowest BCUT2D eigenvalue weighted by Crippen LogP contribution is -2.50. The topological polar surface area (TPSA) is 52.7 Å². The fourth-order valence-electron chi connectivity index (χ4n) is 2.31. The van der Waals surface area contributed by atoms with Gasteiger partial charge in [0.2, 0.25) is 11.8 Å². The number of benzene rings is 1. The number of hydrogen-bond donors (Lipinski definition) is 1. The van der Waals surface area contributed by atoms with Crippen LogP contribution in [-0.2, 0) is 9.59 Å². The minimum Gasteiger partial charge on any atom is -0.339 e. The van der Waals surface area contributed by atoms with Gasteiger partial charge in [0.05, 0.1) is 12.3 Å². The van der Waals surface area contributed by atoms with Crippen molar-refractivity contribution in [1.29, 1.82) is 0 Å². The van der Waals surface area contributed by atoms with Gasteiger partial charge in [-0.25, -0.2) is 4.39 Å². The van der Waals surface area contributed by atoms with Crippen molar-refractivity contribution in [2.75, 3.05) is 50.0 Å². The summed E-state index contributed by atoms with van der Waals surface area (Å²) in [6.45, 7) is 2.97. The summed E-state index contributed by atoms with van der Waals surface area (Å²) >= 11 is 1.52. The van der Waals surface area contributed by atoms with Gasteiger partial charge in [-0.3, -0.25) is 14.5 Å². The maximum Gasteiger partial charge on any atom is 0.238 e. The number of hydrogen-bond acceptors (Lipinski definition) is 4. The van der Waals surface area contributed by atoms with Gasteiger partial charge in [0.15, 0.2) is 0 Å². The molecule has 2 rings (SSSR count). The molecule has 0 radical (unpaired) electrons. The molecule has 1 heterocycles. The predicted octanol–water partition coefficient (Wildman–Crippen LogP) is 1.27. The van der Waals surface area contributed by atoms with Crippen LogP contribution in [0.1, 0.15) is 0 Å². The van der Waals surface area contributed by atoms with Crippen LogP contribution in [0.5, 0.6) is 0 Å². The van der Waals surface area contributed by atoms with E-state index in [0.717, 1.165) is 0 Å². The van der Waals surface area contributed by atoms with Crippen molar-refractivity contribution in [3.63, 3.8) is 0 Å². The molecule has 0 unspecified atom stereocenters. The van der Waals surface area contributed by atoms with Gasteiger partial charge in [0, 0.05) is 31.9 Å². The Morgan fingerprint density at radius 3 is 2.41 bits per heavy atom. The molecule has 0 saturated carbocycles. The van der Waals surface area contributed by atoms with Gasteiger partial charge in [-0.1, -0.05) is 0 Å². The van der Waals surface area contributed by atoms with Crippen LogP contribution in [0.3, 0.4) is 0 Å². The summed E-state index contributed by atoms with van der Waals surface area (Å²) in [5, 5.41) is 2.74. The highest BCUT2D eigenvalue weighted by Gasteiger charge is 2.21. The summed E-state index contributed by atoms with van der Waals surface area (Å²) in [6, 6.07) is 5.69. The van der Waals surface area contributed by atoms with E-state index in [9.17, 15) is 14.0 Å². The zero-order valence-electron chi connectivity index (χ0n) is 12.5. The fraction of sp³-hybridized carbons (Fsp3) is 0.467. The van der Waals surface area contributed by atoms with E-state index < -0.39 is 0 Å². The van der Waals surface area contributed by atoms with Gasteiger partial charge in [-0.2, -0.15) is 11.8 Å². The third-order valence-corrected chi connectivity index (χ3v) is 4.02. The Bertz CT molecular complexity index is 516. The number of halogens is 1. The first-order valence-corrected chi connectivity index (χ1v) is 8.52. The zero-order chi connectivity index (χ0) is 15.9. The average Bonchev–Trinajstić information content (AvgIpc) is 2.50. The summed E-state index contributed by atoms with van der Waals surface area (Å²) in [4.78, 5) is 27.6. The molecule has 1 fully saturated rings. The number of carbonyl (C=O) groups excluding carboxylic acids is 2. The summed E-state index contributed by atoms with van der Waals surface area (Å²) in [5.41, 5.74) is 0.584. The monoisotopic (exact) mass is 325 g/mol. The summed E-state index contributed by atoms with van der Waals surface area (Å²) in [7, 11) is 0. The highest BCUT2D eigenvalue weighted by molar-refractivity contribution is 7.99. The minimum absolute atomic E-state index is 0.129. The molecule has 1 aliphatic rings. The van der Waals surface area contributed by atoms with Crippen LogP contribution in [0.15, 0.2) is 24.3 Å². The summed E-state index contributed by atoms with van der Waals surface area (Å²) < 4.78 is 12.8. The van der Waals surface area contributed by atoms with E-state index in [1.807, 2.05) is 16.1 Å². The molecule has 1 N–H and O–H groups in total. The quantitative estimate of drug-likeness (QED) is 0.886. The van der Waals surface area contributed by atoms with Gasteiger partial charge in [-0.15, -0.1) is 0 Å². The van der Waals surface area contributed by atoms with Crippen LogP contribution in [0, 0.1) is 5.82 Å². The largest absolute Gasteiger partial charge is 0.339 e. The first-order chi connectivity index (χ1) is 10.6. The van der Waals surface area contributed by atoms with Gasteiger partial charge in [-0.05, 0) is 30.5 Å². The lowest BCUT2D eigenvalue weighted by Gasteiger charge is -2.34. The minimum atomic E-state index is -0.330.